The summed E-state index contributed by atoms with van der Waals surface area (Å²) in [6, 6.07) is 1.74. The van der Waals surface area contributed by atoms with Crippen molar-refractivity contribution in [3.8, 4) is 0 Å². The molecule has 0 N–H and O–H groups in total. The molecule has 0 atom stereocenters. The first-order valence-electron chi connectivity index (χ1n) is 4.36. The van der Waals surface area contributed by atoms with Crippen LogP contribution in [-0.2, 0) is 0 Å². The first-order chi connectivity index (χ1) is 6.26. The maximum atomic E-state index is 4.84. The average Bonchev–Trinajstić information content (AvgIpc) is 2.53. The second-order valence-corrected chi connectivity index (χ2v) is 2.62. The molecule has 0 spiro atoms. The van der Waals surface area contributed by atoms with Crippen LogP contribution in [0.25, 0.3) is 0 Å². The van der Waals surface area contributed by atoms with Crippen LogP contribution in [0.5, 0.6) is 0 Å². The molecule has 0 radical (unpaired) electrons. The summed E-state index contributed by atoms with van der Waals surface area (Å²) in [5.41, 5.74) is 0. The normalized spacial score (nSPS) is 11.0. The highest BCUT2D eigenvalue weighted by Gasteiger charge is 1.98. The molecule has 0 aliphatic heterocycles. The molecule has 1 aromatic rings. The van der Waals surface area contributed by atoms with Crippen LogP contribution in [-0.4, -0.2) is 23.3 Å². The quantitative estimate of drug-likeness (QED) is 0.530. The minimum atomic E-state index is 0.518. The van der Waals surface area contributed by atoms with Gasteiger partial charge >= 0.3 is 0 Å². The van der Waals surface area contributed by atoms with Crippen molar-refractivity contribution in [2.75, 3.05) is 13.1 Å². The third kappa shape index (κ3) is 2.85. The molecule has 0 saturated heterocycles. The van der Waals surface area contributed by atoms with Crippen molar-refractivity contribution >= 4 is 5.82 Å². The maximum absolute atomic E-state index is 4.84. The summed E-state index contributed by atoms with van der Waals surface area (Å²) in [7, 11) is 0. The van der Waals surface area contributed by atoms with Gasteiger partial charge in [-0.1, -0.05) is 10.4 Å². The topological polar surface area (TPSA) is 54.0 Å². The van der Waals surface area contributed by atoms with Gasteiger partial charge in [-0.3, -0.25) is 5.01 Å². The average molecular weight is 182 g/mol. The third-order valence-electron chi connectivity index (χ3n) is 1.62. The number of hydrogen-bond donors (Lipinski definition) is 0. The zero-order chi connectivity index (χ0) is 9.68. The lowest BCUT2D eigenvalue weighted by molar-refractivity contribution is 0.299. The van der Waals surface area contributed by atoms with Crippen molar-refractivity contribution in [2.24, 2.45) is 10.3 Å². The molecule has 0 amide bonds. The SMILES string of the molecule is CCN(CC)N=Nc1cc(C)on1. The molecule has 0 aliphatic rings. The van der Waals surface area contributed by atoms with Crippen molar-refractivity contribution in [3.05, 3.63) is 11.8 Å². The Morgan fingerprint density at radius 3 is 2.62 bits per heavy atom. The summed E-state index contributed by atoms with van der Waals surface area (Å²) in [4.78, 5) is 0. The number of rotatable bonds is 4. The first kappa shape index (κ1) is 9.70. The highest BCUT2D eigenvalue weighted by molar-refractivity contribution is 5.23. The Hall–Kier alpha value is -1.39. The molecule has 0 unspecified atom stereocenters. The minimum absolute atomic E-state index is 0.518. The van der Waals surface area contributed by atoms with Crippen LogP contribution in [0.4, 0.5) is 5.82 Å². The standard InChI is InChI=1S/C8H14N4O/c1-4-12(5-2)11-9-8-6-7(3)13-10-8/h6H,4-5H2,1-3H3. The maximum Gasteiger partial charge on any atom is 0.218 e. The van der Waals surface area contributed by atoms with Crippen LogP contribution in [0.2, 0.25) is 0 Å². The molecule has 0 fully saturated rings. The van der Waals surface area contributed by atoms with Gasteiger partial charge in [0.15, 0.2) is 0 Å². The van der Waals surface area contributed by atoms with Gasteiger partial charge < -0.3 is 4.52 Å². The fourth-order valence-corrected chi connectivity index (χ4v) is 0.860. The van der Waals surface area contributed by atoms with E-state index < -0.39 is 0 Å². The Bertz CT molecular complexity index is 277. The Labute approximate surface area is 77.4 Å². The molecule has 72 valence electrons. The zero-order valence-corrected chi connectivity index (χ0v) is 8.19. The van der Waals surface area contributed by atoms with Gasteiger partial charge in [0.2, 0.25) is 5.82 Å². The van der Waals surface area contributed by atoms with E-state index in [-0.39, 0.29) is 0 Å². The van der Waals surface area contributed by atoms with E-state index in [1.165, 1.54) is 0 Å². The van der Waals surface area contributed by atoms with E-state index >= 15 is 0 Å². The third-order valence-corrected chi connectivity index (χ3v) is 1.62. The van der Waals surface area contributed by atoms with Gasteiger partial charge in [0.05, 0.1) is 0 Å². The van der Waals surface area contributed by atoms with Crippen LogP contribution in [0, 0.1) is 6.92 Å². The van der Waals surface area contributed by atoms with Crippen LogP contribution in [0.3, 0.4) is 0 Å². The molecule has 1 heterocycles. The Morgan fingerprint density at radius 2 is 2.15 bits per heavy atom. The fraction of sp³-hybridized carbons (Fsp3) is 0.625. The number of nitrogens with zero attached hydrogens (tertiary/aromatic N) is 4. The van der Waals surface area contributed by atoms with Gasteiger partial charge in [-0.15, -0.1) is 5.11 Å². The summed E-state index contributed by atoms with van der Waals surface area (Å²) < 4.78 is 4.84. The Morgan fingerprint density at radius 1 is 1.46 bits per heavy atom. The largest absolute Gasteiger partial charge is 0.359 e. The van der Waals surface area contributed by atoms with Crippen molar-refractivity contribution in [2.45, 2.75) is 20.8 Å². The van der Waals surface area contributed by atoms with Crippen LogP contribution < -0.4 is 0 Å². The molecular weight excluding hydrogens is 168 g/mol. The minimum Gasteiger partial charge on any atom is -0.359 e. The van der Waals surface area contributed by atoms with E-state index in [2.05, 4.69) is 15.5 Å². The lowest BCUT2D eigenvalue weighted by Gasteiger charge is -2.10. The summed E-state index contributed by atoms with van der Waals surface area (Å²) in [5.74, 6) is 1.26. The predicted molar refractivity (Wildman–Crippen MR) is 48.7 cm³/mol. The first-order valence-corrected chi connectivity index (χ1v) is 4.36. The zero-order valence-electron chi connectivity index (χ0n) is 8.19. The van der Waals surface area contributed by atoms with Gasteiger partial charge in [-0.05, 0) is 20.8 Å². The fourth-order valence-electron chi connectivity index (χ4n) is 0.860. The molecule has 1 rings (SSSR count). The van der Waals surface area contributed by atoms with E-state index in [4.69, 9.17) is 4.52 Å². The molecule has 0 bridgehead atoms. The molecular formula is C8H14N4O. The number of aromatic nitrogens is 1. The van der Waals surface area contributed by atoms with Gasteiger partial charge in [-0.25, -0.2) is 0 Å². The van der Waals surface area contributed by atoms with Gasteiger partial charge in [0.1, 0.15) is 5.76 Å². The monoisotopic (exact) mass is 182 g/mol. The van der Waals surface area contributed by atoms with Gasteiger partial charge in [0.25, 0.3) is 0 Å². The Kier molecular flexibility index (Phi) is 3.42. The van der Waals surface area contributed by atoms with Crippen molar-refractivity contribution in [1.29, 1.82) is 0 Å². The van der Waals surface area contributed by atoms with Gasteiger partial charge in [-0.2, -0.15) is 0 Å². The second-order valence-electron chi connectivity index (χ2n) is 2.62. The molecule has 13 heavy (non-hydrogen) atoms. The van der Waals surface area contributed by atoms with Gasteiger partial charge in [0, 0.05) is 19.2 Å². The summed E-state index contributed by atoms with van der Waals surface area (Å²) in [6.45, 7) is 7.56. The summed E-state index contributed by atoms with van der Waals surface area (Å²) in [5, 5.41) is 13.4. The summed E-state index contributed by atoms with van der Waals surface area (Å²) >= 11 is 0. The van der Waals surface area contributed by atoms with E-state index in [9.17, 15) is 0 Å². The molecule has 0 aliphatic carbocycles. The predicted octanol–water partition coefficient (Wildman–Crippen LogP) is 2.32. The van der Waals surface area contributed by atoms with Crippen molar-refractivity contribution < 1.29 is 4.52 Å². The second kappa shape index (κ2) is 4.59. The lowest BCUT2D eigenvalue weighted by Crippen LogP contribution is -2.14. The highest BCUT2D eigenvalue weighted by Crippen LogP contribution is 2.11. The molecule has 1 aromatic heterocycles. The molecule has 0 saturated carbocycles. The lowest BCUT2D eigenvalue weighted by atomic mass is 10.5. The Balaban J connectivity index is 2.57. The van der Waals surface area contributed by atoms with E-state index in [0.29, 0.717) is 5.82 Å². The molecule has 5 heteroatoms. The molecule has 0 aromatic carbocycles. The van der Waals surface area contributed by atoms with Crippen LogP contribution in [0.1, 0.15) is 19.6 Å². The van der Waals surface area contributed by atoms with Crippen molar-refractivity contribution in [3.63, 3.8) is 0 Å². The van der Waals surface area contributed by atoms with Crippen LogP contribution >= 0.6 is 0 Å². The number of hydrogen-bond acceptors (Lipinski definition) is 4. The van der Waals surface area contributed by atoms with E-state index in [1.807, 2.05) is 25.8 Å². The van der Waals surface area contributed by atoms with Crippen LogP contribution in [0.15, 0.2) is 20.9 Å². The van der Waals surface area contributed by atoms with E-state index in [0.717, 1.165) is 18.8 Å². The number of aryl methyl sites for hydroxylation is 1. The highest BCUT2D eigenvalue weighted by atomic mass is 16.5. The van der Waals surface area contributed by atoms with Crippen molar-refractivity contribution in [1.82, 2.24) is 10.2 Å². The summed E-state index contributed by atoms with van der Waals surface area (Å²) in [6.07, 6.45) is 0. The van der Waals surface area contributed by atoms with E-state index in [1.54, 1.807) is 6.07 Å². The smallest absolute Gasteiger partial charge is 0.218 e. The molecule has 5 nitrogen and oxygen atoms in total.